The molecule has 1 atom stereocenters. The number of nitrogens with one attached hydrogen (secondary N) is 1. The van der Waals surface area contributed by atoms with Crippen LogP contribution in [0.4, 0.5) is 16.2 Å². The number of benzene rings is 3. The fourth-order valence-electron chi connectivity index (χ4n) is 4.70. The standard InChI is InChI=1S/C30H36N4O2/c1-22(33(4)23(2)31)26-13-9-14-27(21-26)36-30(35)32(3)19-10-20-34-28-15-7-5-11-24(28)17-18-25-12-6-8-16-29(25)34/h5-9,11-16,21-22,31H,10,17-20H2,1-4H3/t22-/m0/s1. The molecule has 0 aliphatic carbocycles. The van der Waals surface area contributed by atoms with Gasteiger partial charge in [0.25, 0.3) is 0 Å². The first kappa shape index (κ1) is 25.3. The van der Waals surface area contributed by atoms with Crippen molar-refractivity contribution in [2.24, 2.45) is 0 Å². The van der Waals surface area contributed by atoms with Gasteiger partial charge < -0.3 is 19.4 Å². The number of ether oxygens (including phenoxy) is 1. The van der Waals surface area contributed by atoms with Gasteiger partial charge >= 0.3 is 6.09 Å². The maximum absolute atomic E-state index is 12.8. The molecule has 0 fully saturated rings. The highest BCUT2D eigenvalue weighted by atomic mass is 16.6. The number of anilines is 2. The average molecular weight is 485 g/mol. The lowest BCUT2D eigenvalue weighted by Gasteiger charge is -2.28. The van der Waals surface area contributed by atoms with E-state index in [1.807, 2.05) is 37.1 Å². The zero-order valence-corrected chi connectivity index (χ0v) is 21.7. The van der Waals surface area contributed by atoms with Crippen LogP contribution in [0.25, 0.3) is 0 Å². The smallest absolute Gasteiger partial charge is 0.410 e. The van der Waals surface area contributed by atoms with E-state index in [9.17, 15) is 4.79 Å². The summed E-state index contributed by atoms with van der Waals surface area (Å²) in [5.41, 5.74) is 6.22. The van der Waals surface area contributed by atoms with Crippen LogP contribution in [-0.2, 0) is 12.8 Å². The molecule has 6 heteroatoms. The molecule has 0 saturated carbocycles. The van der Waals surface area contributed by atoms with Crippen molar-refractivity contribution in [1.29, 1.82) is 5.41 Å². The molecular weight excluding hydrogens is 448 g/mol. The number of aryl methyl sites for hydroxylation is 2. The van der Waals surface area contributed by atoms with Crippen molar-refractivity contribution in [1.82, 2.24) is 9.80 Å². The minimum absolute atomic E-state index is 0.0123. The fourth-order valence-corrected chi connectivity index (χ4v) is 4.70. The third-order valence-corrected chi connectivity index (χ3v) is 7.07. The Bertz CT molecular complexity index is 1180. The van der Waals surface area contributed by atoms with Gasteiger partial charge in [0.2, 0.25) is 0 Å². The summed E-state index contributed by atoms with van der Waals surface area (Å²) in [5.74, 6) is 1.00. The average Bonchev–Trinajstić information content (AvgIpc) is 3.05. The molecule has 3 aromatic rings. The lowest BCUT2D eigenvalue weighted by molar-refractivity contribution is 0.162. The minimum atomic E-state index is -0.368. The van der Waals surface area contributed by atoms with Gasteiger partial charge in [-0.15, -0.1) is 0 Å². The third kappa shape index (κ3) is 5.70. The van der Waals surface area contributed by atoms with Crippen LogP contribution in [0.3, 0.4) is 0 Å². The fraction of sp³-hybridized carbons (Fsp3) is 0.333. The van der Waals surface area contributed by atoms with Gasteiger partial charge in [-0.3, -0.25) is 5.41 Å². The van der Waals surface area contributed by atoms with Crippen LogP contribution in [0.15, 0.2) is 72.8 Å². The number of hydrogen-bond donors (Lipinski definition) is 1. The summed E-state index contributed by atoms with van der Waals surface area (Å²) in [6.45, 7) is 5.20. The molecule has 1 aliphatic heterocycles. The van der Waals surface area contributed by atoms with Crippen molar-refractivity contribution in [3.05, 3.63) is 89.5 Å². The van der Waals surface area contributed by atoms with E-state index in [4.69, 9.17) is 10.1 Å². The van der Waals surface area contributed by atoms with Crippen LogP contribution < -0.4 is 9.64 Å². The van der Waals surface area contributed by atoms with E-state index in [0.29, 0.717) is 18.1 Å². The van der Waals surface area contributed by atoms with Gasteiger partial charge in [-0.05, 0) is 74.1 Å². The molecule has 0 aromatic heterocycles. The number of nitrogens with zero attached hydrogens (tertiary/aromatic N) is 3. The van der Waals surface area contributed by atoms with E-state index >= 15 is 0 Å². The third-order valence-electron chi connectivity index (χ3n) is 7.07. The van der Waals surface area contributed by atoms with Gasteiger partial charge in [-0.2, -0.15) is 0 Å². The van der Waals surface area contributed by atoms with Crippen LogP contribution in [0, 0.1) is 5.41 Å². The molecule has 4 rings (SSSR count). The topological polar surface area (TPSA) is 59.9 Å². The first-order valence-corrected chi connectivity index (χ1v) is 12.6. The molecule has 36 heavy (non-hydrogen) atoms. The summed E-state index contributed by atoms with van der Waals surface area (Å²) in [6.07, 6.45) is 2.51. The quantitative estimate of drug-likeness (QED) is 0.310. The highest BCUT2D eigenvalue weighted by Gasteiger charge is 2.21. The van der Waals surface area contributed by atoms with E-state index < -0.39 is 0 Å². The number of carbonyl (C=O) groups is 1. The summed E-state index contributed by atoms with van der Waals surface area (Å²) in [4.78, 5) is 18.7. The van der Waals surface area contributed by atoms with Gasteiger partial charge in [0, 0.05) is 38.6 Å². The van der Waals surface area contributed by atoms with E-state index in [1.165, 1.54) is 22.5 Å². The van der Waals surface area contributed by atoms with Crippen LogP contribution >= 0.6 is 0 Å². The Kier molecular flexibility index (Phi) is 7.93. The molecule has 0 unspecified atom stereocenters. The molecule has 1 N–H and O–H groups in total. The van der Waals surface area contributed by atoms with E-state index in [2.05, 4.69) is 53.4 Å². The van der Waals surface area contributed by atoms with Gasteiger partial charge in [0.1, 0.15) is 5.75 Å². The number of amides is 1. The molecule has 0 radical (unpaired) electrons. The van der Waals surface area contributed by atoms with Gasteiger partial charge in [0.05, 0.1) is 11.9 Å². The molecule has 0 spiro atoms. The molecule has 1 aliphatic rings. The zero-order chi connectivity index (χ0) is 25.7. The van der Waals surface area contributed by atoms with Crippen LogP contribution in [0.1, 0.15) is 43.0 Å². The number of amidine groups is 1. The summed E-state index contributed by atoms with van der Waals surface area (Å²) < 4.78 is 5.68. The van der Waals surface area contributed by atoms with Crippen molar-refractivity contribution in [3.63, 3.8) is 0 Å². The van der Waals surface area contributed by atoms with E-state index in [-0.39, 0.29) is 12.1 Å². The second-order valence-electron chi connectivity index (χ2n) is 9.50. The van der Waals surface area contributed by atoms with Gasteiger partial charge in [0.15, 0.2) is 0 Å². The Morgan fingerprint density at radius 2 is 1.58 bits per heavy atom. The number of fused-ring (bicyclic) bond motifs is 2. The Labute approximate surface area is 214 Å². The van der Waals surface area contributed by atoms with Gasteiger partial charge in [-0.25, -0.2) is 4.79 Å². The SMILES string of the molecule is CC(=N)N(C)[C@@H](C)c1cccc(OC(=O)N(C)CCCN2c3ccccc3CCc3ccccc32)c1. The van der Waals surface area contributed by atoms with Crippen LogP contribution in [0.5, 0.6) is 5.75 Å². The first-order chi connectivity index (χ1) is 17.3. The highest BCUT2D eigenvalue weighted by molar-refractivity contribution is 5.76. The molecule has 3 aromatic carbocycles. The Balaban J connectivity index is 1.39. The van der Waals surface area contributed by atoms with Crippen molar-refractivity contribution < 1.29 is 9.53 Å². The van der Waals surface area contributed by atoms with Crippen molar-refractivity contribution in [3.8, 4) is 5.75 Å². The Morgan fingerprint density at radius 1 is 0.972 bits per heavy atom. The normalized spacial score (nSPS) is 13.2. The van der Waals surface area contributed by atoms with E-state index in [1.54, 1.807) is 24.9 Å². The first-order valence-electron chi connectivity index (χ1n) is 12.6. The second-order valence-corrected chi connectivity index (χ2v) is 9.50. The molecule has 0 bridgehead atoms. The minimum Gasteiger partial charge on any atom is -0.410 e. The van der Waals surface area contributed by atoms with Gasteiger partial charge in [-0.1, -0.05) is 48.5 Å². The molecule has 188 valence electrons. The predicted octanol–water partition coefficient (Wildman–Crippen LogP) is 6.43. The summed E-state index contributed by atoms with van der Waals surface area (Å²) in [7, 11) is 3.67. The number of hydrogen-bond acceptors (Lipinski definition) is 4. The maximum Gasteiger partial charge on any atom is 0.414 e. The second kappa shape index (κ2) is 11.3. The Hall–Kier alpha value is -3.80. The monoisotopic (exact) mass is 484 g/mol. The van der Waals surface area contributed by atoms with E-state index in [0.717, 1.165) is 31.4 Å². The van der Waals surface area contributed by atoms with Crippen molar-refractivity contribution in [2.45, 2.75) is 39.2 Å². The molecule has 1 heterocycles. The highest BCUT2D eigenvalue weighted by Crippen LogP contribution is 2.35. The number of rotatable bonds is 7. The van der Waals surface area contributed by atoms with Crippen LogP contribution in [0.2, 0.25) is 0 Å². The number of carbonyl (C=O) groups excluding carboxylic acids is 1. The lowest BCUT2D eigenvalue weighted by atomic mass is 10.0. The van der Waals surface area contributed by atoms with Crippen molar-refractivity contribution >= 4 is 23.3 Å². The molecule has 0 saturated heterocycles. The van der Waals surface area contributed by atoms with Crippen LogP contribution in [-0.4, -0.2) is 48.9 Å². The maximum atomic E-state index is 12.8. The summed E-state index contributed by atoms with van der Waals surface area (Å²) >= 11 is 0. The lowest BCUT2D eigenvalue weighted by Crippen LogP contribution is -2.32. The Morgan fingerprint density at radius 3 is 2.19 bits per heavy atom. The molecular formula is C30H36N4O2. The number of para-hydroxylation sites is 2. The molecule has 1 amide bonds. The predicted molar refractivity (Wildman–Crippen MR) is 147 cm³/mol. The summed E-state index contributed by atoms with van der Waals surface area (Å²) in [6, 6.07) is 24.8. The largest absolute Gasteiger partial charge is 0.414 e. The zero-order valence-electron chi connectivity index (χ0n) is 21.7. The van der Waals surface area contributed by atoms with Crippen molar-refractivity contribution in [2.75, 3.05) is 32.1 Å². The summed E-state index contributed by atoms with van der Waals surface area (Å²) in [5, 5.41) is 7.86. The molecule has 6 nitrogen and oxygen atoms in total.